The molecule has 0 spiro atoms. The summed E-state index contributed by atoms with van der Waals surface area (Å²) >= 11 is 4.51. The Bertz CT molecular complexity index is 939. The van der Waals surface area contributed by atoms with E-state index in [1.54, 1.807) is 24.3 Å². The van der Waals surface area contributed by atoms with Gasteiger partial charge in [0.05, 0.1) is 23.8 Å². The Hall–Kier alpha value is -1.75. The minimum Gasteiger partial charge on any atom is -0.497 e. The van der Waals surface area contributed by atoms with Crippen molar-refractivity contribution in [2.24, 2.45) is 0 Å². The summed E-state index contributed by atoms with van der Waals surface area (Å²) in [6.45, 7) is -0.129. The maximum Gasteiger partial charge on any atom is 0.339 e. The van der Waals surface area contributed by atoms with Crippen molar-refractivity contribution in [2.45, 2.75) is 6.42 Å². The second kappa shape index (κ2) is 9.45. The van der Waals surface area contributed by atoms with E-state index in [0.717, 1.165) is 11.1 Å². The third-order valence-electron chi connectivity index (χ3n) is 3.40. The molecule has 1 N–H and O–H groups in total. The van der Waals surface area contributed by atoms with Gasteiger partial charge in [-0.1, -0.05) is 0 Å². The minimum atomic E-state index is -3.24. The lowest BCUT2D eigenvalue weighted by atomic mass is 10.2. The molecule has 10 heteroatoms. The second-order valence-electron chi connectivity index (χ2n) is 5.53. The molecule has 27 heavy (non-hydrogen) atoms. The quantitative estimate of drug-likeness (QED) is 0.442. The van der Waals surface area contributed by atoms with Gasteiger partial charge in [-0.05, 0) is 52.7 Å². The number of carbonyl (C=O) groups excluding carboxylic acids is 2. The number of ether oxygens (including phenoxy) is 2. The van der Waals surface area contributed by atoms with Crippen molar-refractivity contribution in [3.05, 3.63) is 50.1 Å². The fourth-order valence-electron chi connectivity index (χ4n) is 2.09. The van der Waals surface area contributed by atoms with E-state index >= 15 is 0 Å². The monoisotopic (exact) mass is 475 g/mol. The van der Waals surface area contributed by atoms with Crippen molar-refractivity contribution < 1.29 is 27.5 Å². The van der Waals surface area contributed by atoms with Gasteiger partial charge in [0.2, 0.25) is 15.8 Å². The maximum absolute atomic E-state index is 12.2. The predicted molar refractivity (Wildman–Crippen MR) is 106 cm³/mol. The molecule has 0 saturated heterocycles. The second-order valence-corrected chi connectivity index (χ2v) is 9.38. The van der Waals surface area contributed by atoms with Crippen LogP contribution in [0.15, 0.2) is 34.8 Å². The summed E-state index contributed by atoms with van der Waals surface area (Å²) in [6.07, 6.45) is 1.56. The van der Waals surface area contributed by atoms with Crippen molar-refractivity contribution in [2.75, 3.05) is 26.5 Å². The maximum atomic E-state index is 12.2. The molecule has 0 bridgehead atoms. The minimum absolute atomic E-state index is 0.256. The van der Waals surface area contributed by atoms with Crippen LogP contribution in [-0.2, 0) is 21.2 Å². The Kier molecular flexibility index (Phi) is 7.54. The highest BCUT2D eigenvalue weighted by Crippen LogP contribution is 2.23. The van der Waals surface area contributed by atoms with Gasteiger partial charge in [0.15, 0.2) is 6.61 Å². The van der Waals surface area contributed by atoms with Crippen molar-refractivity contribution in [1.82, 2.24) is 4.72 Å². The van der Waals surface area contributed by atoms with Crippen LogP contribution in [0.25, 0.3) is 0 Å². The van der Waals surface area contributed by atoms with Gasteiger partial charge >= 0.3 is 5.97 Å². The van der Waals surface area contributed by atoms with Crippen LogP contribution in [0.2, 0.25) is 0 Å². The van der Waals surface area contributed by atoms with Gasteiger partial charge in [-0.2, -0.15) is 0 Å². The predicted octanol–water partition coefficient (Wildman–Crippen LogP) is 2.65. The largest absolute Gasteiger partial charge is 0.497 e. The zero-order valence-electron chi connectivity index (χ0n) is 14.7. The SMILES string of the molecule is COc1ccc(Br)c(C(=O)OCC(=O)c2ccc(CCNS(C)(=O)=O)s2)c1. The molecule has 146 valence electrons. The van der Waals surface area contributed by atoms with Crippen LogP contribution < -0.4 is 9.46 Å². The molecule has 0 aliphatic heterocycles. The lowest BCUT2D eigenvalue weighted by Gasteiger charge is -2.07. The van der Waals surface area contributed by atoms with E-state index in [1.165, 1.54) is 24.5 Å². The van der Waals surface area contributed by atoms with Gasteiger partial charge in [0.25, 0.3) is 0 Å². The average molecular weight is 476 g/mol. The molecule has 0 atom stereocenters. The molecular weight excluding hydrogens is 458 g/mol. The summed E-state index contributed by atoms with van der Waals surface area (Å²) in [5.41, 5.74) is 0.265. The zero-order valence-corrected chi connectivity index (χ0v) is 17.9. The number of Topliss-reactive ketones (excluding diaryl/α,β-unsaturated/α-hetero) is 1. The Balaban J connectivity index is 1.91. The number of hydrogen-bond acceptors (Lipinski definition) is 7. The van der Waals surface area contributed by atoms with Crippen LogP contribution in [0.4, 0.5) is 0 Å². The smallest absolute Gasteiger partial charge is 0.339 e. The first-order chi connectivity index (χ1) is 12.7. The lowest BCUT2D eigenvalue weighted by Crippen LogP contribution is -2.24. The first kappa shape index (κ1) is 21.5. The number of methoxy groups -OCH3 is 1. The number of halogens is 1. The normalized spacial score (nSPS) is 11.2. The Morgan fingerprint density at radius 2 is 1.96 bits per heavy atom. The van der Waals surface area contributed by atoms with Crippen LogP contribution in [0, 0.1) is 0 Å². The van der Waals surface area contributed by atoms with Gasteiger partial charge in [0.1, 0.15) is 5.75 Å². The van der Waals surface area contributed by atoms with Gasteiger partial charge in [0, 0.05) is 15.9 Å². The van der Waals surface area contributed by atoms with Crippen LogP contribution in [0.1, 0.15) is 24.9 Å². The molecule has 0 unspecified atom stereocenters. The van der Waals surface area contributed by atoms with Crippen molar-refractivity contribution in [3.8, 4) is 5.75 Å². The molecule has 0 radical (unpaired) electrons. The fourth-order valence-corrected chi connectivity index (χ4v) is 3.90. The molecular formula is C17H18BrNO6S2. The van der Waals surface area contributed by atoms with E-state index in [0.29, 0.717) is 21.5 Å². The number of ketones is 1. The van der Waals surface area contributed by atoms with Crippen molar-refractivity contribution in [1.29, 1.82) is 0 Å². The summed E-state index contributed by atoms with van der Waals surface area (Å²) in [4.78, 5) is 25.7. The summed E-state index contributed by atoms with van der Waals surface area (Å²) in [5, 5.41) is 0. The number of nitrogens with one attached hydrogen (secondary N) is 1. The topological polar surface area (TPSA) is 98.8 Å². The lowest BCUT2D eigenvalue weighted by molar-refractivity contribution is 0.0474. The molecule has 0 amide bonds. The summed E-state index contributed by atoms with van der Waals surface area (Å²) in [7, 11) is -1.75. The van der Waals surface area contributed by atoms with Gasteiger partial charge < -0.3 is 9.47 Å². The first-order valence-electron chi connectivity index (χ1n) is 7.77. The molecule has 0 fully saturated rings. The number of rotatable bonds is 9. The molecule has 2 aromatic rings. The highest BCUT2D eigenvalue weighted by atomic mass is 79.9. The number of thiophene rings is 1. The molecule has 7 nitrogen and oxygen atoms in total. The first-order valence-corrected chi connectivity index (χ1v) is 11.3. The Morgan fingerprint density at radius 3 is 2.63 bits per heavy atom. The summed E-state index contributed by atoms with van der Waals surface area (Å²) in [6, 6.07) is 8.26. The third-order valence-corrected chi connectivity index (χ3v) is 6.01. The molecule has 2 rings (SSSR count). The van der Waals surface area contributed by atoms with E-state index in [4.69, 9.17) is 9.47 Å². The summed E-state index contributed by atoms with van der Waals surface area (Å²) in [5.74, 6) is -0.458. The van der Waals surface area contributed by atoms with E-state index in [9.17, 15) is 18.0 Å². The molecule has 0 aliphatic rings. The Morgan fingerprint density at radius 1 is 1.22 bits per heavy atom. The van der Waals surface area contributed by atoms with E-state index in [1.807, 2.05) is 0 Å². The number of sulfonamides is 1. The number of hydrogen-bond donors (Lipinski definition) is 1. The van der Waals surface area contributed by atoms with E-state index in [-0.39, 0.29) is 24.5 Å². The van der Waals surface area contributed by atoms with Crippen LogP contribution in [0.5, 0.6) is 5.75 Å². The van der Waals surface area contributed by atoms with Gasteiger partial charge in [-0.3, -0.25) is 4.79 Å². The van der Waals surface area contributed by atoms with Gasteiger partial charge in [-0.15, -0.1) is 11.3 Å². The summed E-state index contributed by atoms with van der Waals surface area (Å²) < 4.78 is 35.2. The van der Waals surface area contributed by atoms with Crippen LogP contribution in [-0.4, -0.2) is 46.7 Å². The van der Waals surface area contributed by atoms with Crippen LogP contribution >= 0.6 is 27.3 Å². The highest BCUT2D eigenvalue weighted by Gasteiger charge is 2.16. The number of carbonyl (C=O) groups is 2. The van der Waals surface area contributed by atoms with E-state index in [2.05, 4.69) is 20.7 Å². The standard InChI is InChI=1S/C17H18BrNO6S2/c1-24-11-3-5-14(18)13(9-11)17(21)25-10-15(20)16-6-4-12(26-16)7-8-19-27(2,22)23/h3-6,9,19H,7-8,10H2,1-2H3. The van der Waals surface area contributed by atoms with Gasteiger partial charge in [-0.25, -0.2) is 17.9 Å². The molecule has 1 aromatic heterocycles. The molecule has 1 aromatic carbocycles. The van der Waals surface area contributed by atoms with E-state index < -0.39 is 16.0 Å². The third kappa shape index (κ3) is 6.73. The zero-order chi connectivity index (χ0) is 20.0. The number of benzene rings is 1. The fraction of sp³-hybridized carbons (Fsp3) is 0.294. The van der Waals surface area contributed by atoms with Crippen molar-refractivity contribution >= 4 is 49.0 Å². The highest BCUT2D eigenvalue weighted by molar-refractivity contribution is 9.10. The molecule has 0 saturated carbocycles. The number of esters is 1. The molecule has 1 heterocycles. The van der Waals surface area contributed by atoms with Crippen LogP contribution in [0.3, 0.4) is 0 Å². The average Bonchev–Trinajstić information content (AvgIpc) is 3.07. The molecule has 0 aliphatic carbocycles. The Labute approximate surface area is 169 Å². The van der Waals surface area contributed by atoms with Crippen molar-refractivity contribution in [3.63, 3.8) is 0 Å².